The van der Waals surface area contributed by atoms with E-state index in [2.05, 4.69) is 29.1 Å². The Balaban J connectivity index is 1.86. The number of hydrogen-bond acceptors (Lipinski definition) is 3. The first-order valence-corrected chi connectivity index (χ1v) is 7.35. The van der Waals surface area contributed by atoms with Gasteiger partial charge in [-0.3, -0.25) is 4.79 Å². The minimum Gasteiger partial charge on any atom is -0.339 e. The van der Waals surface area contributed by atoms with E-state index < -0.39 is 0 Å². The molecular weight excluding hydrogens is 226 g/mol. The summed E-state index contributed by atoms with van der Waals surface area (Å²) in [6, 6.07) is 0.363. The van der Waals surface area contributed by atoms with Gasteiger partial charge in [-0.15, -0.1) is 0 Å². The van der Waals surface area contributed by atoms with Crippen LogP contribution in [0.2, 0.25) is 0 Å². The number of piperidine rings is 1. The molecule has 0 aromatic carbocycles. The largest absolute Gasteiger partial charge is 0.339 e. The van der Waals surface area contributed by atoms with Gasteiger partial charge in [0, 0.05) is 25.6 Å². The van der Waals surface area contributed by atoms with Crippen molar-refractivity contribution in [1.82, 2.24) is 15.1 Å². The van der Waals surface area contributed by atoms with E-state index in [1.54, 1.807) is 0 Å². The van der Waals surface area contributed by atoms with E-state index in [1.165, 1.54) is 12.8 Å². The number of nitrogens with one attached hydrogen (secondary N) is 1. The highest BCUT2D eigenvalue weighted by Crippen LogP contribution is 2.18. The first kappa shape index (κ1) is 13.8. The second-order valence-corrected chi connectivity index (χ2v) is 5.97. The lowest BCUT2D eigenvalue weighted by atomic mass is 9.95. The molecule has 0 saturated carbocycles. The van der Waals surface area contributed by atoms with Crippen LogP contribution in [0.3, 0.4) is 0 Å². The first-order valence-electron chi connectivity index (χ1n) is 7.35. The van der Waals surface area contributed by atoms with Crippen LogP contribution in [0.5, 0.6) is 0 Å². The number of nitrogens with zero attached hydrogens (tertiary/aromatic N) is 2. The SMILES string of the molecule is CC1CN(C)CCCN1C(=O)CC1CCCNC1. The van der Waals surface area contributed by atoms with E-state index in [9.17, 15) is 4.79 Å². The van der Waals surface area contributed by atoms with Crippen LogP contribution in [0.1, 0.15) is 32.6 Å². The van der Waals surface area contributed by atoms with Crippen LogP contribution in [0.25, 0.3) is 0 Å². The van der Waals surface area contributed by atoms with Crippen molar-refractivity contribution in [2.24, 2.45) is 5.92 Å². The van der Waals surface area contributed by atoms with Crippen LogP contribution in [0, 0.1) is 5.92 Å². The molecule has 104 valence electrons. The third-order valence-corrected chi connectivity index (χ3v) is 4.23. The molecule has 1 amide bonds. The number of rotatable bonds is 2. The number of carbonyl (C=O) groups is 1. The molecule has 2 saturated heterocycles. The summed E-state index contributed by atoms with van der Waals surface area (Å²) >= 11 is 0. The predicted molar refractivity (Wildman–Crippen MR) is 73.5 cm³/mol. The summed E-state index contributed by atoms with van der Waals surface area (Å²) in [7, 11) is 2.15. The summed E-state index contributed by atoms with van der Waals surface area (Å²) in [5, 5.41) is 3.39. The van der Waals surface area contributed by atoms with Crippen LogP contribution in [0.15, 0.2) is 0 Å². The molecule has 2 aliphatic rings. The molecule has 1 N–H and O–H groups in total. The van der Waals surface area contributed by atoms with Gasteiger partial charge in [-0.25, -0.2) is 0 Å². The highest BCUT2D eigenvalue weighted by Gasteiger charge is 2.26. The maximum Gasteiger partial charge on any atom is 0.223 e. The predicted octanol–water partition coefficient (Wildman–Crippen LogP) is 0.929. The van der Waals surface area contributed by atoms with E-state index in [-0.39, 0.29) is 0 Å². The Bertz CT molecular complexity index is 276. The number of hydrogen-bond donors (Lipinski definition) is 1. The second-order valence-electron chi connectivity index (χ2n) is 5.97. The lowest BCUT2D eigenvalue weighted by molar-refractivity contribution is -0.134. The number of amides is 1. The Labute approximate surface area is 111 Å². The van der Waals surface area contributed by atoms with Crippen molar-refractivity contribution >= 4 is 5.91 Å². The standard InChI is InChI=1S/C14H27N3O/c1-12-11-16(2)7-4-8-17(12)14(18)9-13-5-3-6-15-10-13/h12-13,15H,3-11H2,1-2H3. The highest BCUT2D eigenvalue weighted by molar-refractivity contribution is 5.76. The second kappa shape index (κ2) is 6.53. The van der Waals surface area contributed by atoms with Crippen LogP contribution < -0.4 is 5.32 Å². The summed E-state index contributed by atoms with van der Waals surface area (Å²) in [6.07, 6.45) is 4.27. The minimum absolute atomic E-state index is 0.363. The molecule has 0 aromatic heterocycles. The first-order chi connectivity index (χ1) is 8.66. The van der Waals surface area contributed by atoms with Gasteiger partial charge < -0.3 is 15.1 Å². The molecule has 18 heavy (non-hydrogen) atoms. The van der Waals surface area contributed by atoms with Gasteiger partial charge in [-0.1, -0.05) is 0 Å². The van der Waals surface area contributed by atoms with E-state index >= 15 is 0 Å². The Morgan fingerprint density at radius 2 is 2.17 bits per heavy atom. The van der Waals surface area contributed by atoms with Crippen molar-refractivity contribution < 1.29 is 4.79 Å². The Kier molecular flexibility index (Phi) is 5.01. The normalized spacial score (nSPS) is 31.1. The van der Waals surface area contributed by atoms with Gasteiger partial charge in [0.2, 0.25) is 5.91 Å². The molecule has 0 aliphatic carbocycles. The molecule has 2 heterocycles. The Hall–Kier alpha value is -0.610. The van der Waals surface area contributed by atoms with Gasteiger partial charge >= 0.3 is 0 Å². The van der Waals surface area contributed by atoms with Gasteiger partial charge in [0.1, 0.15) is 0 Å². The highest BCUT2D eigenvalue weighted by atomic mass is 16.2. The summed E-state index contributed by atoms with van der Waals surface area (Å²) in [5.74, 6) is 0.922. The quantitative estimate of drug-likeness (QED) is 0.795. The van der Waals surface area contributed by atoms with Gasteiger partial charge in [-0.05, 0) is 58.8 Å². The van der Waals surface area contributed by atoms with E-state index in [0.29, 0.717) is 17.9 Å². The van der Waals surface area contributed by atoms with Crippen molar-refractivity contribution in [3.05, 3.63) is 0 Å². The monoisotopic (exact) mass is 253 g/mol. The average molecular weight is 253 g/mol. The van der Waals surface area contributed by atoms with E-state index in [0.717, 1.165) is 45.6 Å². The van der Waals surface area contributed by atoms with Gasteiger partial charge in [0.15, 0.2) is 0 Å². The topological polar surface area (TPSA) is 35.6 Å². The van der Waals surface area contributed by atoms with Crippen LogP contribution >= 0.6 is 0 Å². The van der Waals surface area contributed by atoms with Crippen molar-refractivity contribution in [3.63, 3.8) is 0 Å². The van der Waals surface area contributed by atoms with Crippen molar-refractivity contribution in [2.75, 3.05) is 39.8 Å². The summed E-state index contributed by atoms with van der Waals surface area (Å²) < 4.78 is 0. The molecule has 2 fully saturated rings. The molecule has 4 heteroatoms. The molecular formula is C14H27N3O. The van der Waals surface area contributed by atoms with Gasteiger partial charge in [-0.2, -0.15) is 0 Å². The maximum absolute atomic E-state index is 12.4. The zero-order chi connectivity index (χ0) is 13.0. The van der Waals surface area contributed by atoms with Gasteiger partial charge in [0.25, 0.3) is 0 Å². The summed E-state index contributed by atoms with van der Waals surface area (Å²) in [4.78, 5) is 16.9. The zero-order valence-corrected chi connectivity index (χ0v) is 11.8. The van der Waals surface area contributed by atoms with Crippen LogP contribution in [0.4, 0.5) is 0 Å². The minimum atomic E-state index is 0.363. The fourth-order valence-corrected chi connectivity index (χ4v) is 3.21. The fraction of sp³-hybridized carbons (Fsp3) is 0.929. The van der Waals surface area contributed by atoms with Crippen molar-refractivity contribution in [3.8, 4) is 0 Å². The molecule has 2 unspecified atom stereocenters. The Morgan fingerprint density at radius 1 is 1.33 bits per heavy atom. The molecule has 2 atom stereocenters. The van der Waals surface area contributed by atoms with Crippen molar-refractivity contribution in [1.29, 1.82) is 0 Å². The molecule has 0 aromatic rings. The van der Waals surface area contributed by atoms with Gasteiger partial charge in [0.05, 0.1) is 0 Å². The number of carbonyl (C=O) groups excluding carboxylic acids is 1. The molecule has 0 bridgehead atoms. The third kappa shape index (κ3) is 3.69. The molecule has 4 nitrogen and oxygen atoms in total. The summed E-state index contributed by atoms with van der Waals surface area (Å²) in [5.41, 5.74) is 0. The molecule has 2 rings (SSSR count). The van der Waals surface area contributed by atoms with Crippen LogP contribution in [-0.2, 0) is 4.79 Å². The molecule has 2 aliphatic heterocycles. The fourth-order valence-electron chi connectivity index (χ4n) is 3.21. The Morgan fingerprint density at radius 3 is 2.89 bits per heavy atom. The zero-order valence-electron chi connectivity index (χ0n) is 11.8. The van der Waals surface area contributed by atoms with Crippen LogP contribution in [-0.4, -0.2) is 61.5 Å². The van der Waals surface area contributed by atoms with E-state index in [4.69, 9.17) is 0 Å². The molecule has 0 radical (unpaired) electrons. The smallest absolute Gasteiger partial charge is 0.223 e. The molecule has 0 spiro atoms. The van der Waals surface area contributed by atoms with E-state index in [1.807, 2.05) is 0 Å². The third-order valence-electron chi connectivity index (χ3n) is 4.23. The number of likely N-dealkylation sites (N-methyl/N-ethyl adjacent to an activating group) is 1. The summed E-state index contributed by atoms with van der Waals surface area (Å²) in [6.45, 7) is 7.38. The lowest BCUT2D eigenvalue weighted by Gasteiger charge is -2.30. The lowest BCUT2D eigenvalue weighted by Crippen LogP contribution is -2.43. The van der Waals surface area contributed by atoms with Crippen molar-refractivity contribution in [2.45, 2.75) is 38.6 Å². The average Bonchev–Trinajstić information content (AvgIpc) is 2.51. The maximum atomic E-state index is 12.4.